The molecule has 3 fully saturated rings. The molecule has 3 saturated heterocycles. The van der Waals surface area contributed by atoms with Crippen LogP contribution < -0.4 is 20.9 Å². The number of phenolic OH excluding ortho intramolecular Hbond substituents is 1. The van der Waals surface area contributed by atoms with Gasteiger partial charge in [-0.15, -0.1) is 10.2 Å². The highest BCUT2D eigenvalue weighted by Crippen LogP contribution is 2.38. The summed E-state index contributed by atoms with van der Waals surface area (Å²) >= 11 is 0. The van der Waals surface area contributed by atoms with Crippen LogP contribution in [0.3, 0.4) is 0 Å². The Hall–Kier alpha value is -5.43. The molecule has 0 aliphatic carbocycles. The number of morpholine rings is 1. The van der Waals surface area contributed by atoms with E-state index in [0.717, 1.165) is 86.3 Å². The van der Waals surface area contributed by atoms with E-state index in [1.807, 2.05) is 59.3 Å². The van der Waals surface area contributed by atoms with Crippen molar-refractivity contribution >= 4 is 34.0 Å². The van der Waals surface area contributed by atoms with Crippen molar-refractivity contribution in [3.8, 4) is 17.0 Å². The topological polar surface area (TPSA) is 128 Å². The standard InChI is InChI=1S/C47H57N9O3/c1-31-24-35(12-13-37(31)45-29-55(27-33(3)59-45)43-26-40(50-51-46(43)48)38-8-4-5-11-44(38)57)47(58)53-22-14-34(15-23-53)28-52-20-16-36(17-21-52)56-32(2)25-39-41(9-6-10-42(39)56)54-19-7-18-49-30-54/h4-13,19,24-26,33-34,36,45,49,57H,14-18,20-23,27-30H2,1-3H3,(H2,48,51)/t33-,45+/m0/s1/i18D,30D/t18?,30?,33-,45+. The van der Waals surface area contributed by atoms with E-state index in [4.69, 9.17) is 13.2 Å². The molecule has 0 saturated carbocycles. The number of hydrogen-bond donors (Lipinski definition) is 3. The molecular formula is C47H57N9O3. The number of phenols is 1. The number of rotatable bonds is 8. The summed E-state index contributed by atoms with van der Waals surface area (Å²) in [4.78, 5) is 22.6. The molecule has 0 bridgehead atoms. The molecule has 308 valence electrons. The normalized spacial score (nSPS) is 24.1. The lowest BCUT2D eigenvalue weighted by atomic mass is 9.93. The fourth-order valence-electron chi connectivity index (χ4n) is 9.77. The minimum absolute atomic E-state index is 0.0796. The number of nitrogens with one attached hydrogen (secondary N) is 1. The number of ether oxygens (including phenoxy) is 1. The fourth-order valence-corrected chi connectivity index (χ4v) is 9.77. The zero-order chi connectivity index (χ0) is 42.4. The van der Waals surface area contributed by atoms with Crippen LogP contribution in [0.25, 0.3) is 22.2 Å². The Kier molecular flexibility index (Phi) is 10.4. The Morgan fingerprint density at radius 1 is 0.949 bits per heavy atom. The minimum atomic E-state index is -0.697. The summed E-state index contributed by atoms with van der Waals surface area (Å²) in [7, 11) is 0. The van der Waals surface area contributed by atoms with Gasteiger partial charge in [-0.3, -0.25) is 10.1 Å². The van der Waals surface area contributed by atoms with Gasteiger partial charge < -0.3 is 39.7 Å². The number of nitrogen functional groups attached to an aromatic ring is 1. The van der Waals surface area contributed by atoms with Crippen LogP contribution >= 0.6 is 0 Å². The highest BCUT2D eigenvalue weighted by Gasteiger charge is 2.32. The van der Waals surface area contributed by atoms with Crippen molar-refractivity contribution < 1.29 is 17.4 Å². The van der Waals surface area contributed by atoms with E-state index in [1.54, 1.807) is 18.2 Å². The van der Waals surface area contributed by atoms with Gasteiger partial charge in [-0.2, -0.15) is 0 Å². The fraction of sp³-hybridized carbons (Fsp3) is 0.426. The number of carbonyl (C=O) groups excluding carboxylic acids is 1. The molecule has 59 heavy (non-hydrogen) atoms. The van der Waals surface area contributed by atoms with Gasteiger partial charge in [0.15, 0.2) is 5.82 Å². The minimum Gasteiger partial charge on any atom is -0.507 e. The van der Waals surface area contributed by atoms with Gasteiger partial charge in [0.05, 0.1) is 36.7 Å². The molecule has 4 atom stereocenters. The first kappa shape index (κ1) is 36.6. The molecule has 6 heterocycles. The number of piperidine rings is 2. The number of aryl methyl sites for hydroxylation is 2. The monoisotopic (exact) mass is 797 g/mol. The summed E-state index contributed by atoms with van der Waals surface area (Å²) in [6.45, 7) is 10.9. The van der Waals surface area contributed by atoms with E-state index < -0.39 is 13.2 Å². The molecule has 4 aliphatic heterocycles. The first-order valence-electron chi connectivity index (χ1n) is 22.3. The van der Waals surface area contributed by atoms with Crippen molar-refractivity contribution in [2.75, 3.05) is 74.5 Å². The second kappa shape index (κ2) is 16.7. The van der Waals surface area contributed by atoms with Crippen molar-refractivity contribution in [3.63, 3.8) is 0 Å². The first-order chi connectivity index (χ1) is 29.5. The predicted octanol–water partition coefficient (Wildman–Crippen LogP) is 7.04. The number of aromatic hydroxyl groups is 1. The van der Waals surface area contributed by atoms with Gasteiger partial charge in [0.1, 0.15) is 11.9 Å². The van der Waals surface area contributed by atoms with Gasteiger partial charge in [0.2, 0.25) is 0 Å². The van der Waals surface area contributed by atoms with E-state index >= 15 is 0 Å². The van der Waals surface area contributed by atoms with Gasteiger partial charge in [0, 0.05) is 88.2 Å². The van der Waals surface area contributed by atoms with Crippen LogP contribution in [0.2, 0.25) is 0 Å². The van der Waals surface area contributed by atoms with Crippen molar-refractivity contribution in [2.24, 2.45) is 5.92 Å². The smallest absolute Gasteiger partial charge is 0.253 e. The van der Waals surface area contributed by atoms with E-state index in [9.17, 15) is 9.90 Å². The number of carbonyl (C=O) groups is 1. The Morgan fingerprint density at radius 3 is 2.54 bits per heavy atom. The Labute approximate surface area is 350 Å². The highest BCUT2D eigenvalue weighted by atomic mass is 16.5. The van der Waals surface area contributed by atoms with E-state index in [-0.39, 0.29) is 23.9 Å². The molecule has 3 aromatic carbocycles. The van der Waals surface area contributed by atoms with E-state index in [0.29, 0.717) is 47.7 Å². The average Bonchev–Trinajstić information content (AvgIpc) is 3.60. The summed E-state index contributed by atoms with van der Waals surface area (Å²) in [6, 6.07) is 24.0. The molecule has 4 N–H and O–H groups in total. The summed E-state index contributed by atoms with van der Waals surface area (Å²) in [6.07, 6.45) is 7.53. The molecule has 0 spiro atoms. The number of anilines is 3. The van der Waals surface area contributed by atoms with Crippen LogP contribution in [0.15, 0.2) is 85.1 Å². The molecular weight excluding hydrogens is 739 g/mol. The number of aromatic nitrogens is 3. The van der Waals surface area contributed by atoms with Gasteiger partial charge in [-0.25, -0.2) is 0 Å². The van der Waals surface area contributed by atoms with Crippen LogP contribution in [0.4, 0.5) is 17.2 Å². The number of likely N-dealkylation sites (tertiary alicyclic amines) is 2. The number of nitrogens with zero attached hydrogens (tertiary/aromatic N) is 7. The zero-order valence-corrected chi connectivity index (χ0v) is 34.3. The Morgan fingerprint density at radius 2 is 1.76 bits per heavy atom. The first-order valence-corrected chi connectivity index (χ1v) is 21.1. The lowest BCUT2D eigenvalue weighted by molar-refractivity contribution is -0.0176. The molecule has 0 radical (unpaired) electrons. The summed E-state index contributed by atoms with van der Waals surface area (Å²) in [5.41, 5.74) is 14.5. The SMILES string of the molecule is [2H]C1C=CN(c2cccc3c2cc(C)n3C2CCN(CC3CCN(C(=O)c4ccc([C@H]5CN(c6cc(-c7ccccc7O)nnc6N)C[C@H](C)O5)c(C)c4)CC3)CC2)C([2H])N1. The summed E-state index contributed by atoms with van der Waals surface area (Å²) < 4.78 is 25.5. The number of hydrogen-bond acceptors (Lipinski definition) is 10. The van der Waals surface area contributed by atoms with Crippen LogP contribution in [-0.2, 0) is 4.74 Å². The Balaban J connectivity index is 0.787. The van der Waals surface area contributed by atoms with Crippen molar-refractivity contribution in [2.45, 2.75) is 64.7 Å². The number of amides is 1. The summed E-state index contributed by atoms with van der Waals surface area (Å²) in [5, 5.41) is 23.1. The molecule has 2 aromatic heterocycles. The van der Waals surface area contributed by atoms with Crippen molar-refractivity contribution in [1.29, 1.82) is 0 Å². The molecule has 12 nitrogen and oxygen atoms in total. The van der Waals surface area contributed by atoms with Gasteiger partial charge in [0.25, 0.3) is 5.91 Å². The second-order valence-corrected chi connectivity index (χ2v) is 16.8. The summed E-state index contributed by atoms with van der Waals surface area (Å²) in [5.74, 6) is 1.12. The predicted molar refractivity (Wildman–Crippen MR) is 235 cm³/mol. The second-order valence-electron chi connectivity index (χ2n) is 16.8. The quantitative estimate of drug-likeness (QED) is 0.151. The van der Waals surface area contributed by atoms with Crippen LogP contribution in [-0.4, -0.2) is 101 Å². The third-order valence-corrected chi connectivity index (χ3v) is 12.8. The van der Waals surface area contributed by atoms with Gasteiger partial charge >= 0.3 is 0 Å². The molecule has 12 heteroatoms. The van der Waals surface area contributed by atoms with Crippen LogP contribution in [0.5, 0.6) is 5.75 Å². The zero-order valence-electron chi connectivity index (χ0n) is 36.3. The van der Waals surface area contributed by atoms with Crippen LogP contribution in [0.1, 0.15) is 74.7 Å². The molecule has 1 amide bonds. The van der Waals surface area contributed by atoms with Crippen molar-refractivity contribution in [1.82, 2.24) is 29.9 Å². The van der Waals surface area contributed by atoms with Gasteiger partial charge in [-0.05, 0) is 112 Å². The molecule has 2 unspecified atom stereocenters. The maximum absolute atomic E-state index is 13.8. The number of benzene rings is 3. The third-order valence-electron chi connectivity index (χ3n) is 12.8. The van der Waals surface area contributed by atoms with Crippen LogP contribution in [0, 0.1) is 19.8 Å². The van der Waals surface area contributed by atoms with Gasteiger partial charge in [-0.1, -0.05) is 30.3 Å². The average molecular weight is 798 g/mol. The maximum atomic E-state index is 13.8. The van der Waals surface area contributed by atoms with Crippen molar-refractivity contribution in [3.05, 3.63) is 107 Å². The molecule has 4 aliphatic rings. The lowest BCUT2D eigenvalue weighted by Crippen LogP contribution is -2.44. The number of nitrogens with two attached hydrogens (primary N) is 1. The molecule has 9 rings (SSSR count). The van der Waals surface area contributed by atoms with E-state index in [1.165, 1.54) is 11.2 Å². The molecule has 5 aromatic rings. The maximum Gasteiger partial charge on any atom is 0.253 e. The highest BCUT2D eigenvalue weighted by molar-refractivity contribution is 5.95. The third kappa shape index (κ3) is 8.01. The van der Waals surface area contributed by atoms with E-state index in [2.05, 4.69) is 68.0 Å². The lowest BCUT2D eigenvalue weighted by Gasteiger charge is -2.39. The number of fused-ring (bicyclic) bond motifs is 1. The Bertz CT molecular complexity index is 2430. The number of para-hydroxylation sites is 1. The largest absolute Gasteiger partial charge is 0.507 e.